The van der Waals surface area contributed by atoms with Crippen LogP contribution >= 0.6 is 11.3 Å². The highest BCUT2D eigenvalue weighted by Gasteiger charge is 2.29. The van der Waals surface area contributed by atoms with Crippen molar-refractivity contribution in [3.8, 4) is 10.6 Å². The molecule has 1 aliphatic heterocycles. The third-order valence-corrected chi connectivity index (χ3v) is 6.26. The van der Waals surface area contributed by atoms with Crippen molar-refractivity contribution in [1.82, 2.24) is 9.29 Å². The number of aromatic nitrogens is 1. The lowest BCUT2D eigenvalue weighted by atomic mass is 10.2. The minimum Gasteiger partial charge on any atom is -0.476 e. The van der Waals surface area contributed by atoms with E-state index in [-0.39, 0.29) is 10.6 Å². The number of rotatable bonds is 4. The van der Waals surface area contributed by atoms with Gasteiger partial charge in [-0.2, -0.15) is 4.31 Å². The predicted octanol–water partition coefficient (Wildman–Crippen LogP) is 1.53. The molecule has 1 N–H and O–H groups in total. The second kappa shape index (κ2) is 6.36. The first-order chi connectivity index (χ1) is 11.0. The highest BCUT2D eigenvalue weighted by Crippen LogP contribution is 2.31. The predicted molar refractivity (Wildman–Crippen MR) is 84.1 cm³/mol. The van der Waals surface area contributed by atoms with Gasteiger partial charge in [0.15, 0.2) is 5.69 Å². The van der Waals surface area contributed by atoms with Gasteiger partial charge < -0.3 is 9.84 Å². The quantitative estimate of drug-likeness (QED) is 0.894. The third-order valence-electron chi connectivity index (χ3n) is 3.43. The minimum atomic E-state index is -3.68. The van der Waals surface area contributed by atoms with E-state index in [0.29, 0.717) is 36.9 Å². The van der Waals surface area contributed by atoms with E-state index in [1.807, 2.05) is 0 Å². The number of ether oxygens (including phenoxy) is 1. The molecular weight excluding hydrogens is 340 g/mol. The van der Waals surface area contributed by atoms with Gasteiger partial charge in [-0.05, 0) is 6.07 Å². The van der Waals surface area contributed by atoms with Crippen LogP contribution in [0.3, 0.4) is 0 Å². The topological polar surface area (TPSA) is 96.8 Å². The van der Waals surface area contributed by atoms with Crippen LogP contribution in [-0.4, -0.2) is 55.1 Å². The fourth-order valence-corrected chi connectivity index (χ4v) is 4.79. The summed E-state index contributed by atoms with van der Waals surface area (Å²) in [6.07, 6.45) is 0. The van der Waals surface area contributed by atoms with E-state index in [1.165, 1.54) is 15.8 Å². The van der Waals surface area contributed by atoms with Crippen LogP contribution in [0.4, 0.5) is 0 Å². The first-order valence-electron chi connectivity index (χ1n) is 6.86. The molecule has 122 valence electrons. The average Bonchev–Trinajstić information content (AvgIpc) is 3.06. The number of thiazole rings is 1. The van der Waals surface area contributed by atoms with Crippen LogP contribution in [-0.2, 0) is 14.8 Å². The van der Waals surface area contributed by atoms with Crippen LogP contribution in [0.5, 0.6) is 0 Å². The van der Waals surface area contributed by atoms with Gasteiger partial charge in [0.2, 0.25) is 10.0 Å². The van der Waals surface area contributed by atoms with Crippen molar-refractivity contribution in [2.24, 2.45) is 0 Å². The fourth-order valence-electron chi connectivity index (χ4n) is 2.29. The maximum atomic E-state index is 12.9. The first kappa shape index (κ1) is 16.1. The Balaban J connectivity index is 2.04. The molecular formula is C14H14N2O5S2. The normalized spacial score (nSPS) is 16.3. The lowest BCUT2D eigenvalue weighted by Crippen LogP contribution is -2.40. The van der Waals surface area contributed by atoms with Crippen molar-refractivity contribution >= 4 is 27.3 Å². The molecule has 1 aromatic carbocycles. The Hall–Kier alpha value is -1.81. The third kappa shape index (κ3) is 3.13. The van der Waals surface area contributed by atoms with Gasteiger partial charge in [-0.1, -0.05) is 18.2 Å². The summed E-state index contributed by atoms with van der Waals surface area (Å²) in [4.78, 5) is 15.1. The number of nitrogens with zero attached hydrogens (tertiary/aromatic N) is 2. The number of carboxylic acid groups (broad SMARTS) is 1. The molecule has 0 bridgehead atoms. The number of morpholine rings is 1. The smallest absolute Gasteiger partial charge is 0.355 e. The summed E-state index contributed by atoms with van der Waals surface area (Å²) < 4.78 is 32.3. The number of hydrogen-bond donors (Lipinski definition) is 1. The maximum absolute atomic E-state index is 12.9. The number of carboxylic acids is 1. The molecule has 0 aliphatic carbocycles. The molecule has 0 amide bonds. The standard InChI is InChI=1S/C14H14N2O5S2/c17-14(18)11-9-22-13(15-11)10-3-1-2-4-12(10)23(19,20)16-5-7-21-8-6-16/h1-4,9H,5-8H2,(H,17,18). The van der Waals surface area contributed by atoms with Gasteiger partial charge in [0.1, 0.15) is 5.01 Å². The van der Waals surface area contributed by atoms with Gasteiger partial charge in [-0.3, -0.25) is 0 Å². The van der Waals surface area contributed by atoms with Crippen LogP contribution in [0.15, 0.2) is 34.5 Å². The van der Waals surface area contributed by atoms with E-state index in [9.17, 15) is 13.2 Å². The molecule has 0 spiro atoms. The summed E-state index contributed by atoms with van der Waals surface area (Å²) >= 11 is 1.11. The van der Waals surface area contributed by atoms with E-state index in [0.717, 1.165) is 11.3 Å². The Kier molecular flexibility index (Phi) is 4.44. The van der Waals surface area contributed by atoms with Crippen molar-refractivity contribution in [3.05, 3.63) is 35.3 Å². The van der Waals surface area contributed by atoms with E-state index >= 15 is 0 Å². The molecule has 1 aromatic heterocycles. The molecule has 0 atom stereocenters. The molecule has 3 rings (SSSR count). The lowest BCUT2D eigenvalue weighted by Gasteiger charge is -2.26. The Morgan fingerprint density at radius 3 is 2.61 bits per heavy atom. The lowest BCUT2D eigenvalue weighted by molar-refractivity contribution is 0.0691. The molecule has 7 nitrogen and oxygen atoms in total. The second-order valence-corrected chi connectivity index (χ2v) is 7.62. The Morgan fingerprint density at radius 1 is 1.26 bits per heavy atom. The van der Waals surface area contributed by atoms with E-state index < -0.39 is 16.0 Å². The summed E-state index contributed by atoms with van der Waals surface area (Å²) in [5.41, 5.74) is 0.320. The minimum absolute atomic E-state index is 0.0939. The maximum Gasteiger partial charge on any atom is 0.355 e. The zero-order valence-electron chi connectivity index (χ0n) is 12.0. The molecule has 1 aliphatic rings. The zero-order valence-corrected chi connectivity index (χ0v) is 13.6. The van der Waals surface area contributed by atoms with E-state index in [4.69, 9.17) is 9.84 Å². The van der Waals surface area contributed by atoms with Gasteiger partial charge in [0.25, 0.3) is 0 Å². The largest absolute Gasteiger partial charge is 0.476 e. The number of aromatic carboxylic acids is 1. The van der Waals surface area contributed by atoms with Crippen LogP contribution in [0, 0.1) is 0 Å². The fraction of sp³-hybridized carbons (Fsp3) is 0.286. The zero-order chi connectivity index (χ0) is 16.4. The van der Waals surface area contributed by atoms with Crippen LogP contribution in [0.25, 0.3) is 10.6 Å². The van der Waals surface area contributed by atoms with Crippen LogP contribution in [0.1, 0.15) is 10.5 Å². The highest BCUT2D eigenvalue weighted by molar-refractivity contribution is 7.89. The van der Waals surface area contributed by atoms with Gasteiger partial charge in [-0.25, -0.2) is 18.2 Å². The Morgan fingerprint density at radius 2 is 1.96 bits per heavy atom. The van der Waals surface area contributed by atoms with Gasteiger partial charge in [0, 0.05) is 24.0 Å². The van der Waals surface area contributed by atoms with Crippen LogP contribution in [0.2, 0.25) is 0 Å². The first-order valence-corrected chi connectivity index (χ1v) is 9.18. The number of hydrogen-bond acceptors (Lipinski definition) is 6. The molecule has 2 heterocycles. The molecule has 9 heteroatoms. The monoisotopic (exact) mass is 354 g/mol. The molecule has 1 fully saturated rings. The molecule has 0 saturated carbocycles. The second-order valence-electron chi connectivity index (χ2n) is 4.86. The molecule has 2 aromatic rings. The van der Waals surface area contributed by atoms with Gasteiger partial charge in [0.05, 0.1) is 18.1 Å². The van der Waals surface area contributed by atoms with E-state index in [2.05, 4.69) is 4.98 Å². The number of sulfonamides is 1. The van der Waals surface area contributed by atoms with Crippen molar-refractivity contribution in [3.63, 3.8) is 0 Å². The summed E-state index contributed by atoms with van der Waals surface area (Å²) in [6.45, 7) is 1.33. The van der Waals surface area contributed by atoms with Crippen molar-refractivity contribution in [1.29, 1.82) is 0 Å². The van der Waals surface area contributed by atoms with Crippen molar-refractivity contribution < 1.29 is 23.1 Å². The molecule has 0 radical (unpaired) electrons. The number of carbonyl (C=O) groups is 1. The summed E-state index contributed by atoms with van der Waals surface area (Å²) in [6, 6.07) is 6.50. The SMILES string of the molecule is O=C(O)c1csc(-c2ccccc2S(=O)(=O)N2CCOCC2)n1. The highest BCUT2D eigenvalue weighted by atomic mass is 32.2. The van der Waals surface area contributed by atoms with Gasteiger partial charge in [-0.15, -0.1) is 11.3 Å². The molecule has 1 saturated heterocycles. The molecule has 23 heavy (non-hydrogen) atoms. The average molecular weight is 354 g/mol. The summed E-state index contributed by atoms with van der Waals surface area (Å²) in [5.74, 6) is -1.14. The Labute approximate surface area is 137 Å². The van der Waals surface area contributed by atoms with Gasteiger partial charge >= 0.3 is 5.97 Å². The Bertz CT molecular complexity index is 825. The summed E-state index contributed by atoms with van der Waals surface area (Å²) in [7, 11) is -3.68. The number of benzene rings is 1. The van der Waals surface area contributed by atoms with Crippen molar-refractivity contribution in [2.45, 2.75) is 4.90 Å². The van der Waals surface area contributed by atoms with Crippen molar-refractivity contribution in [2.75, 3.05) is 26.3 Å². The van der Waals surface area contributed by atoms with E-state index in [1.54, 1.807) is 18.2 Å². The summed E-state index contributed by atoms with van der Waals surface area (Å²) in [5, 5.41) is 10.8. The molecule has 0 unspecified atom stereocenters. The van der Waals surface area contributed by atoms with Crippen LogP contribution < -0.4 is 0 Å².